The first-order chi connectivity index (χ1) is 9.50. The maximum atomic E-state index is 10.1. The van der Waals surface area contributed by atoms with Gasteiger partial charge in [0, 0.05) is 25.8 Å². The molecule has 0 aromatic heterocycles. The molecule has 1 aromatic rings. The van der Waals surface area contributed by atoms with Gasteiger partial charge in [0.05, 0.1) is 12.2 Å². The minimum atomic E-state index is -0.789. The van der Waals surface area contributed by atoms with Crippen LogP contribution >= 0.6 is 0 Å². The van der Waals surface area contributed by atoms with Crippen LogP contribution in [-0.2, 0) is 11.3 Å². The van der Waals surface area contributed by atoms with Gasteiger partial charge in [-0.3, -0.25) is 0 Å². The zero-order chi connectivity index (χ0) is 15.0. The number of methoxy groups -OCH3 is 1. The maximum Gasteiger partial charge on any atom is 0.126 e. The first-order valence-corrected chi connectivity index (χ1v) is 7.13. The van der Waals surface area contributed by atoms with Crippen molar-refractivity contribution in [2.45, 2.75) is 39.3 Å². The van der Waals surface area contributed by atoms with Crippen LogP contribution < -0.4 is 10.1 Å². The molecule has 0 saturated heterocycles. The SMILES string of the molecule is CCC(C)(O)COc1c(C)cccc1CNCCOC. The fourth-order valence-corrected chi connectivity index (χ4v) is 1.79. The largest absolute Gasteiger partial charge is 0.490 e. The number of para-hydroxylation sites is 1. The fourth-order valence-electron chi connectivity index (χ4n) is 1.79. The van der Waals surface area contributed by atoms with Crippen molar-refractivity contribution in [3.05, 3.63) is 29.3 Å². The van der Waals surface area contributed by atoms with Gasteiger partial charge in [-0.2, -0.15) is 0 Å². The molecule has 0 bridgehead atoms. The Morgan fingerprint density at radius 1 is 1.35 bits per heavy atom. The van der Waals surface area contributed by atoms with E-state index in [1.807, 2.05) is 32.0 Å². The number of aryl methyl sites for hydroxylation is 1. The third-order valence-electron chi connectivity index (χ3n) is 3.38. The molecular formula is C16H27NO3. The Balaban J connectivity index is 2.68. The number of hydrogen-bond donors (Lipinski definition) is 2. The quantitative estimate of drug-likeness (QED) is 0.682. The molecule has 0 radical (unpaired) electrons. The molecule has 2 N–H and O–H groups in total. The normalized spacial score (nSPS) is 14.1. The average Bonchev–Trinajstić information content (AvgIpc) is 2.43. The van der Waals surface area contributed by atoms with E-state index in [1.165, 1.54) is 0 Å². The summed E-state index contributed by atoms with van der Waals surface area (Å²) in [6, 6.07) is 6.09. The molecule has 1 unspecified atom stereocenters. The average molecular weight is 281 g/mol. The van der Waals surface area contributed by atoms with Crippen molar-refractivity contribution >= 4 is 0 Å². The molecule has 0 spiro atoms. The third kappa shape index (κ3) is 5.49. The second-order valence-electron chi connectivity index (χ2n) is 5.37. The summed E-state index contributed by atoms with van der Waals surface area (Å²) in [5.41, 5.74) is 1.40. The smallest absolute Gasteiger partial charge is 0.126 e. The second-order valence-corrected chi connectivity index (χ2v) is 5.37. The van der Waals surface area contributed by atoms with E-state index in [9.17, 15) is 5.11 Å². The van der Waals surface area contributed by atoms with Gasteiger partial charge in [-0.05, 0) is 25.8 Å². The molecule has 4 nitrogen and oxygen atoms in total. The van der Waals surface area contributed by atoms with Crippen molar-refractivity contribution in [2.75, 3.05) is 26.9 Å². The van der Waals surface area contributed by atoms with Crippen molar-refractivity contribution in [2.24, 2.45) is 0 Å². The molecule has 0 aliphatic carbocycles. The number of hydrogen-bond acceptors (Lipinski definition) is 4. The summed E-state index contributed by atoms with van der Waals surface area (Å²) >= 11 is 0. The lowest BCUT2D eigenvalue weighted by molar-refractivity contribution is 0.00796. The molecule has 1 rings (SSSR count). The molecular weight excluding hydrogens is 254 g/mol. The predicted octanol–water partition coefficient (Wildman–Crippen LogP) is 2.27. The first-order valence-electron chi connectivity index (χ1n) is 7.13. The van der Waals surface area contributed by atoms with Crippen molar-refractivity contribution in [3.8, 4) is 5.75 Å². The Hall–Kier alpha value is -1.10. The molecule has 0 aliphatic rings. The van der Waals surface area contributed by atoms with Crippen LogP contribution in [0.25, 0.3) is 0 Å². The molecule has 1 atom stereocenters. The van der Waals surface area contributed by atoms with Crippen LogP contribution in [0, 0.1) is 6.92 Å². The van der Waals surface area contributed by atoms with E-state index in [4.69, 9.17) is 9.47 Å². The minimum Gasteiger partial charge on any atom is -0.490 e. The lowest BCUT2D eigenvalue weighted by atomic mass is 10.1. The summed E-state index contributed by atoms with van der Waals surface area (Å²) in [6.07, 6.45) is 0.667. The van der Waals surface area contributed by atoms with Gasteiger partial charge in [0.2, 0.25) is 0 Å². The fraction of sp³-hybridized carbons (Fsp3) is 0.625. The van der Waals surface area contributed by atoms with Gasteiger partial charge in [-0.25, -0.2) is 0 Å². The van der Waals surface area contributed by atoms with Gasteiger partial charge < -0.3 is 19.9 Å². The van der Waals surface area contributed by atoms with Crippen LogP contribution in [0.4, 0.5) is 0 Å². The minimum absolute atomic E-state index is 0.305. The molecule has 20 heavy (non-hydrogen) atoms. The summed E-state index contributed by atoms with van der Waals surface area (Å²) in [7, 11) is 1.69. The molecule has 114 valence electrons. The molecule has 0 aliphatic heterocycles. The van der Waals surface area contributed by atoms with Gasteiger partial charge in [0.25, 0.3) is 0 Å². The van der Waals surface area contributed by atoms with Gasteiger partial charge in [0.15, 0.2) is 0 Å². The monoisotopic (exact) mass is 281 g/mol. The molecule has 4 heteroatoms. The first kappa shape index (κ1) is 17.0. The highest BCUT2D eigenvalue weighted by Gasteiger charge is 2.19. The summed E-state index contributed by atoms with van der Waals surface area (Å²) in [5, 5.41) is 13.4. The Kier molecular flexibility index (Phi) is 6.99. The highest BCUT2D eigenvalue weighted by atomic mass is 16.5. The van der Waals surface area contributed by atoms with E-state index in [1.54, 1.807) is 14.0 Å². The van der Waals surface area contributed by atoms with Gasteiger partial charge in [0.1, 0.15) is 12.4 Å². The number of aliphatic hydroxyl groups is 1. The number of nitrogens with one attached hydrogen (secondary N) is 1. The van der Waals surface area contributed by atoms with Crippen molar-refractivity contribution in [3.63, 3.8) is 0 Å². The molecule has 0 heterocycles. The van der Waals surface area contributed by atoms with Crippen molar-refractivity contribution in [1.82, 2.24) is 5.32 Å². The molecule has 0 fully saturated rings. The highest BCUT2D eigenvalue weighted by molar-refractivity contribution is 5.40. The van der Waals surface area contributed by atoms with Crippen LogP contribution in [0.1, 0.15) is 31.4 Å². The van der Waals surface area contributed by atoms with E-state index < -0.39 is 5.60 Å². The Morgan fingerprint density at radius 3 is 2.75 bits per heavy atom. The Morgan fingerprint density at radius 2 is 2.10 bits per heavy atom. The van der Waals surface area contributed by atoms with Crippen molar-refractivity contribution < 1.29 is 14.6 Å². The van der Waals surface area contributed by atoms with Crippen LogP contribution in [0.3, 0.4) is 0 Å². The van der Waals surface area contributed by atoms with E-state index in [0.717, 1.165) is 30.0 Å². The van der Waals surface area contributed by atoms with Gasteiger partial charge >= 0.3 is 0 Å². The molecule has 1 aromatic carbocycles. The molecule has 0 amide bonds. The summed E-state index contributed by atoms with van der Waals surface area (Å²) in [4.78, 5) is 0. The van der Waals surface area contributed by atoms with E-state index in [2.05, 4.69) is 5.32 Å². The van der Waals surface area contributed by atoms with Crippen molar-refractivity contribution in [1.29, 1.82) is 0 Å². The third-order valence-corrected chi connectivity index (χ3v) is 3.38. The van der Waals surface area contributed by atoms with E-state index in [-0.39, 0.29) is 0 Å². The van der Waals surface area contributed by atoms with Crippen LogP contribution in [0.15, 0.2) is 18.2 Å². The van der Waals surface area contributed by atoms with Crippen LogP contribution in [-0.4, -0.2) is 37.6 Å². The van der Waals surface area contributed by atoms with Gasteiger partial charge in [-0.1, -0.05) is 25.1 Å². The number of rotatable bonds is 9. The molecule has 0 saturated carbocycles. The number of ether oxygens (including phenoxy) is 2. The van der Waals surface area contributed by atoms with Crippen LogP contribution in [0.2, 0.25) is 0 Å². The Bertz CT molecular complexity index is 405. The predicted molar refractivity (Wildman–Crippen MR) is 81.2 cm³/mol. The summed E-state index contributed by atoms with van der Waals surface area (Å²) in [5.74, 6) is 0.867. The van der Waals surface area contributed by atoms with E-state index in [0.29, 0.717) is 19.6 Å². The van der Waals surface area contributed by atoms with Crippen LogP contribution in [0.5, 0.6) is 5.75 Å². The Labute approximate surface area is 122 Å². The standard InChI is InChI=1S/C16H27NO3/c1-5-16(3,18)12-20-15-13(2)7-6-8-14(15)11-17-9-10-19-4/h6-8,17-18H,5,9-12H2,1-4H3. The van der Waals surface area contributed by atoms with Gasteiger partial charge in [-0.15, -0.1) is 0 Å². The lowest BCUT2D eigenvalue weighted by Gasteiger charge is -2.23. The van der Waals surface area contributed by atoms with E-state index >= 15 is 0 Å². The maximum absolute atomic E-state index is 10.1. The highest BCUT2D eigenvalue weighted by Crippen LogP contribution is 2.25. The lowest BCUT2D eigenvalue weighted by Crippen LogP contribution is -2.31. The number of benzene rings is 1. The summed E-state index contributed by atoms with van der Waals surface area (Å²) in [6.45, 7) is 8.29. The second kappa shape index (κ2) is 8.25. The zero-order valence-corrected chi connectivity index (χ0v) is 13.0. The topological polar surface area (TPSA) is 50.7 Å². The summed E-state index contributed by atoms with van der Waals surface area (Å²) < 4.78 is 10.9. The zero-order valence-electron chi connectivity index (χ0n) is 13.0.